The Morgan fingerprint density at radius 2 is 1.57 bits per heavy atom. The number of hydrogen-bond acceptors (Lipinski definition) is 8. The molecule has 9 heteroatoms. The van der Waals surface area contributed by atoms with Gasteiger partial charge in [-0.05, 0) is 68.7 Å². The van der Waals surface area contributed by atoms with Gasteiger partial charge in [-0.3, -0.25) is 24.4 Å². The number of aryl methyl sites for hydroxylation is 1. The summed E-state index contributed by atoms with van der Waals surface area (Å²) < 4.78 is 5.36. The molecule has 216 valence electrons. The molecule has 1 amide bonds. The van der Waals surface area contributed by atoms with Crippen LogP contribution in [0.4, 0.5) is 5.82 Å². The predicted molar refractivity (Wildman–Crippen MR) is 162 cm³/mol. The lowest BCUT2D eigenvalue weighted by atomic mass is 10.0. The predicted octanol–water partition coefficient (Wildman–Crippen LogP) is 5.19. The number of carbonyl (C=O) groups excluding carboxylic acids is 3. The van der Waals surface area contributed by atoms with Crippen molar-refractivity contribution in [2.45, 2.75) is 45.6 Å². The second kappa shape index (κ2) is 12.7. The molecule has 2 N–H and O–H groups in total. The number of ether oxygens (including phenoxy) is 1. The second-order valence-corrected chi connectivity index (χ2v) is 11.2. The van der Waals surface area contributed by atoms with Gasteiger partial charge in [-0.2, -0.15) is 0 Å². The molecular formula is C33H35N5O4. The molecule has 0 atom stereocenters. The monoisotopic (exact) mass is 565 g/mol. The highest BCUT2D eigenvalue weighted by Crippen LogP contribution is 2.29. The minimum absolute atomic E-state index is 0.00951. The van der Waals surface area contributed by atoms with Crippen LogP contribution in [0.2, 0.25) is 0 Å². The van der Waals surface area contributed by atoms with Crippen LogP contribution in [0.15, 0.2) is 73.2 Å². The molecule has 4 aromatic rings. The van der Waals surface area contributed by atoms with Gasteiger partial charge in [0.15, 0.2) is 5.78 Å². The van der Waals surface area contributed by atoms with Crippen LogP contribution in [-0.4, -0.2) is 57.2 Å². The van der Waals surface area contributed by atoms with E-state index in [1.807, 2.05) is 39.0 Å². The number of Topliss-reactive ketones (excluding diaryl/α,β-unsaturated/α-hetero) is 1. The number of nitrogens with two attached hydrogens (primary N) is 1. The molecule has 0 aliphatic carbocycles. The van der Waals surface area contributed by atoms with Gasteiger partial charge in [-0.15, -0.1) is 0 Å². The summed E-state index contributed by atoms with van der Waals surface area (Å²) in [6.45, 7) is 5.49. The number of esters is 1. The molecule has 0 spiro atoms. The summed E-state index contributed by atoms with van der Waals surface area (Å²) in [4.78, 5) is 51.9. The molecule has 0 bridgehead atoms. The van der Waals surface area contributed by atoms with E-state index in [1.165, 1.54) is 11.1 Å². The summed E-state index contributed by atoms with van der Waals surface area (Å²) in [5, 5.41) is 0. The lowest BCUT2D eigenvalue weighted by molar-refractivity contribution is -0.153. The Morgan fingerprint density at radius 1 is 0.857 bits per heavy atom. The van der Waals surface area contributed by atoms with Crippen LogP contribution in [0.5, 0.6) is 0 Å². The van der Waals surface area contributed by atoms with E-state index in [1.54, 1.807) is 62.9 Å². The van der Waals surface area contributed by atoms with Gasteiger partial charge in [0.25, 0.3) is 5.91 Å². The minimum Gasteiger partial charge on any atom is -0.460 e. The fraction of sp³-hybridized carbons (Fsp3) is 0.273. The van der Waals surface area contributed by atoms with Gasteiger partial charge in [0.2, 0.25) is 0 Å². The van der Waals surface area contributed by atoms with Gasteiger partial charge in [0.05, 0.1) is 17.7 Å². The molecule has 0 aliphatic rings. The number of pyridine rings is 3. The van der Waals surface area contributed by atoms with E-state index in [2.05, 4.69) is 15.0 Å². The normalized spacial score (nSPS) is 11.2. The Morgan fingerprint density at radius 3 is 2.21 bits per heavy atom. The van der Waals surface area contributed by atoms with Crippen LogP contribution >= 0.6 is 0 Å². The lowest BCUT2D eigenvalue weighted by Gasteiger charge is -2.19. The number of ketones is 1. The van der Waals surface area contributed by atoms with Crippen LogP contribution in [0.1, 0.15) is 59.2 Å². The van der Waals surface area contributed by atoms with Crippen molar-refractivity contribution in [3.05, 3.63) is 95.6 Å². The van der Waals surface area contributed by atoms with Crippen LogP contribution in [0.3, 0.4) is 0 Å². The molecule has 0 fully saturated rings. The average molecular weight is 566 g/mol. The highest BCUT2D eigenvalue weighted by molar-refractivity contribution is 5.96. The largest absolute Gasteiger partial charge is 0.460 e. The van der Waals surface area contributed by atoms with Gasteiger partial charge in [0.1, 0.15) is 11.4 Å². The van der Waals surface area contributed by atoms with E-state index in [9.17, 15) is 14.4 Å². The van der Waals surface area contributed by atoms with Crippen molar-refractivity contribution in [2.24, 2.45) is 0 Å². The lowest BCUT2D eigenvalue weighted by Crippen LogP contribution is -2.24. The molecule has 0 aliphatic heterocycles. The molecule has 42 heavy (non-hydrogen) atoms. The van der Waals surface area contributed by atoms with Crippen LogP contribution in [0, 0.1) is 0 Å². The van der Waals surface area contributed by atoms with Crippen molar-refractivity contribution >= 4 is 23.5 Å². The second-order valence-electron chi connectivity index (χ2n) is 11.2. The first kappa shape index (κ1) is 30.0. The van der Waals surface area contributed by atoms with Gasteiger partial charge >= 0.3 is 5.97 Å². The maximum atomic E-state index is 12.9. The van der Waals surface area contributed by atoms with Gasteiger partial charge in [-0.1, -0.05) is 24.3 Å². The molecule has 9 nitrogen and oxygen atoms in total. The summed E-state index contributed by atoms with van der Waals surface area (Å²) in [6.07, 6.45) is 5.82. The number of nitrogen functional groups attached to an aromatic ring is 1. The first-order chi connectivity index (χ1) is 19.9. The van der Waals surface area contributed by atoms with Crippen LogP contribution < -0.4 is 5.73 Å². The zero-order valence-electron chi connectivity index (χ0n) is 24.5. The Balaban J connectivity index is 1.42. The molecular weight excluding hydrogens is 530 g/mol. The van der Waals surface area contributed by atoms with E-state index in [4.69, 9.17) is 10.5 Å². The SMILES string of the molecule is CN(C)C(=O)c1ccc(-c2cc(-c3ccnc(CCC(=O)c4ccc(CC(=O)OC(C)(C)C)cc4)c3)cnc2N)nc1. The quantitative estimate of drug-likeness (QED) is 0.217. The average Bonchev–Trinajstić information content (AvgIpc) is 2.95. The molecule has 0 radical (unpaired) electrons. The fourth-order valence-electron chi connectivity index (χ4n) is 4.31. The van der Waals surface area contributed by atoms with E-state index in [0.717, 1.165) is 22.4 Å². The topological polar surface area (TPSA) is 128 Å². The molecule has 3 aromatic heterocycles. The third-order valence-corrected chi connectivity index (χ3v) is 6.41. The fourth-order valence-corrected chi connectivity index (χ4v) is 4.31. The smallest absolute Gasteiger partial charge is 0.310 e. The molecule has 1 aromatic carbocycles. The third-order valence-electron chi connectivity index (χ3n) is 6.41. The van der Waals surface area contributed by atoms with Crippen molar-refractivity contribution in [1.29, 1.82) is 0 Å². The van der Waals surface area contributed by atoms with Crippen LogP contribution in [-0.2, 0) is 22.4 Å². The van der Waals surface area contributed by atoms with Crippen molar-refractivity contribution in [2.75, 3.05) is 19.8 Å². The first-order valence-corrected chi connectivity index (χ1v) is 13.6. The summed E-state index contributed by atoms with van der Waals surface area (Å²) >= 11 is 0. The Hall–Kier alpha value is -4.92. The third kappa shape index (κ3) is 7.84. The van der Waals surface area contributed by atoms with Gasteiger partial charge in [-0.25, -0.2) is 4.98 Å². The molecule has 0 saturated carbocycles. The Labute approximate surface area is 245 Å². The number of anilines is 1. The van der Waals surface area contributed by atoms with Crippen molar-refractivity contribution in [1.82, 2.24) is 19.9 Å². The molecule has 0 unspecified atom stereocenters. The van der Waals surface area contributed by atoms with E-state index in [0.29, 0.717) is 34.6 Å². The summed E-state index contributed by atoms with van der Waals surface area (Å²) in [5.41, 5.74) is 11.2. The number of rotatable bonds is 9. The number of carbonyl (C=O) groups is 3. The number of aromatic nitrogens is 3. The highest BCUT2D eigenvalue weighted by Gasteiger charge is 2.17. The first-order valence-electron chi connectivity index (χ1n) is 13.6. The minimum atomic E-state index is -0.539. The highest BCUT2D eigenvalue weighted by atomic mass is 16.6. The molecule has 3 heterocycles. The zero-order valence-corrected chi connectivity index (χ0v) is 24.5. The maximum Gasteiger partial charge on any atom is 0.310 e. The van der Waals surface area contributed by atoms with Crippen molar-refractivity contribution in [3.8, 4) is 22.4 Å². The standard InChI is InChI=1S/C33H35N5O4/c1-33(2,3)42-30(40)16-21-6-8-22(9-7-21)29(39)13-11-26-17-23(14-15-35-26)25-18-27(31(34)37-20-25)28-12-10-24(19-36-28)32(41)38(4)5/h6-10,12,14-15,17-20H,11,13,16H2,1-5H3,(H2,34,37). The maximum absolute atomic E-state index is 12.9. The van der Waals surface area contributed by atoms with Gasteiger partial charge < -0.3 is 15.4 Å². The van der Waals surface area contributed by atoms with Crippen molar-refractivity contribution in [3.63, 3.8) is 0 Å². The molecule has 4 rings (SSSR count). The van der Waals surface area contributed by atoms with Crippen molar-refractivity contribution < 1.29 is 19.1 Å². The Kier molecular flexibility index (Phi) is 9.10. The number of nitrogens with zero attached hydrogens (tertiary/aromatic N) is 4. The van der Waals surface area contributed by atoms with E-state index in [-0.39, 0.29) is 30.5 Å². The zero-order chi connectivity index (χ0) is 30.4. The van der Waals surface area contributed by atoms with E-state index >= 15 is 0 Å². The number of hydrogen-bond donors (Lipinski definition) is 1. The van der Waals surface area contributed by atoms with Crippen LogP contribution in [0.25, 0.3) is 22.4 Å². The number of benzene rings is 1. The summed E-state index contributed by atoms with van der Waals surface area (Å²) in [7, 11) is 3.38. The molecule has 0 saturated heterocycles. The van der Waals surface area contributed by atoms with E-state index < -0.39 is 5.60 Å². The Bertz CT molecular complexity index is 1590. The summed E-state index contributed by atoms with van der Waals surface area (Å²) in [5.74, 6) is -0.117. The van der Waals surface area contributed by atoms with Gasteiger partial charge in [0, 0.05) is 61.5 Å². The summed E-state index contributed by atoms with van der Waals surface area (Å²) in [6, 6.07) is 16.2. The number of amides is 1.